The molecule has 4 rings (SSSR count). The first-order chi connectivity index (χ1) is 9.22. The number of likely N-dealkylation sites (N-methyl/N-ethyl adjacent to an activating group) is 1. The molecule has 1 saturated heterocycles. The maximum atomic E-state index is 6.28. The number of hydrogen-bond donors (Lipinski definition) is 0. The second kappa shape index (κ2) is 4.34. The molecule has 1 aromatic heterocycles. The molecule has 2 bridgehead atoms. The van der Waals surface area contributed by atoms with E-state index in [1.165, 1.54) is 39.8 Å². The Bertz CT molecular complexity index is 672. The van der Waals surface area contributed by atoms with Gasteiger partial charge in [-0.1, -0.05) is 29.8 Å². The van der Waals surface area contributed by atoms with Crippen LogP contribution < -0.4 is 0 Å². The minimum absolute atomic E-state index is 0.648. The fourth-order valence-electron chi connectivity index (χ4n) is 3.41. The minimum Gasteiger partial charge on any atom is -0.297 e. The highest BCUT2D eigenvalue weighted by molar-refractivity contribution is 7.20. The van der Waals surface area contributed by atoms with Gasteiger partial charge in [-0.15, -0.1) is 11.3 Å². The van der Waals surface area contributed by atoms with Crippen molar-refractivity contribution >= 4 is 38.6 Å². The average Bonchev–Trinajstić information content (AvgIpc) is 2.89. The van der Waals surface area contributed by atoms with Crippen LogP contribution in [0, 0.1) is 0 Å². The maximum Gasteiger partial charge on any atom is 0.0584 e. The number of benzene rings is 1. The van der Waals surface area contributed by atoms with E-state index >= 15 is 0 Å². The maximum absolute atomic E-state index is 6.28. The SMILES string of the molecule is CN1C2C=C(c3cc4cccc(Cl)c4s3)CC1CC2. The fraction of sp³-hybridized carbons (Fsp3) is 0.375. The Morgan fingerprint density at radius 3 is 3.00 bits per heavy atom. The third-order valence-corrected chi connectivity index (χ3v) is 6.24. The summed E-state index contributed by atoms with van der Waals surface area (Å²) in [6.45, 7) is 0. The minimum atomic E-state index is 0.648. The van der Waals surface area contributed by atoms with Gasteiger partial charge in [0.05, 0.1) is 9.72 Å². The van der Waals surface area contributed by atoms with E-state index in [0.29, 0.717) is 6.04 Å². The van der Waals surface area contributed by atoms with Gasteiger partial charge >= 0.3 is 0 Å². The van der Waals surface area contributed by atoms with Crippen molar-refractivity contribution in [3.05, 3.63) is 40.2 Å². The quantitative estimate of drug-likeness (QED) is 0.728. The predicted molar refractivity (Wildman–Crippen MR) is 84.0 cm³/mol. The summed E-state index contributed by atoms with van der Waals surface area (Å²) in [6.07, 6.45) is 6.32. The van der Waals surface area contributed by atoms with Crippen molar-refractivity contribution < 1.29 is 0 Å². The molecule has 98 valence electrons. The van der Waals surface area contributed by atoms with Crippen LogP contribution in [0.25, 0.3) is 15.7 Å². The molecule has 19 heavy (non-hydrogen) atoms. The lowest BCUT2D eigenvalue weighted by Crippen LogP contribution is -2.34. The molecule has 2 aliphatic heterocycles. The number of fused-ring (bicyclic) bond motifs is 3. The van der Waals surface area contributed by atoms with Gasteiger partial charge in [-0.25, -0.2) is 0 Å². The molecule has 0 aliphatic carbocycles. The monoisotopic (exact) mass is 289 g/mol. The molecule has 2 aromatic rings. The molecule has 0 amide bonds. The number of halogens is 1. The van der Waals surface area contributed by atoms with Crippen LogP contribution in [0.3, 0.4) is 0 Å². The Balaban J connectivity index is 1.79. The Hall–Kier alpha value is -0.830. The average molecular weight is 290 g/mol. The highest BCUT2D eigenvalue weighted by Crippen LogP contribution is 2.42. The first-order valence-corrected chi connectivity index (χ1v) is 8.03. The first kappa shape index (κ1) is 12.0. The van der Waals surface area contributed by atoms with Crippen molar-refractivity contribution in [2.45, 2.75) is 31.3 Å². The van der Waals surface area contributed by atoms with E-state index in [9.17, 15) is 0 Å². The number of nitrogens with zero attached hydrogens (tertiary/aromatic N) is 1. The smallest absolute Gasteiger partial charge is 0.0584 e. The zero-order valence-electron chi connectivity index (χ0n) is 10.9. The lowest BCUT2D eigenvalue weighted by Gasteiger charge is -2.29. The van der Waals surface area contributed by atoms with Gasteiger partial charge in [0.15, 0.2) is 0 Å². The van der Waals surface area contributed by atoms with Crippen molar-refractivity contribution in [1.82, 2.24) is 4.90 Å². The summed E-state index contributed by atoms with van der Waals surface area (Å²) in [6, 6.07) is 9.87. The molecule has 1 fully saturated rings. The van der Waals surface area contributed by atoms with E-state index in [-0.39, 0.29) is 0 Å². The molecule has 2 atom stereocenters. The third kappa shape index (κ3) is 1.85. The van der Waals surface area contributed by atoms with E-state index in [4.69, 9.17) is 11.6 Å². The van der Waals surface area contributed by atoms with Crippen LogP contribution in [0.4, 0.5) is 0 Å². The zero-order valence-corrected chi connectivity index (χ0v) is 12.5. The number of rotatable bonds is 1. The molecule has 1 aromatic carbocycles. The summed E-state index contributed by atoms with van der Waals surface area (Å²) < 4.78 is 1.23. The van der Waals surface area contributed by atoms with Gasteiger partial charge in [-0.05, 0) is 49.4 Å². The Morgan fingerprint density at radius 2 is 2.21 bits per heavy atom. The Morgan fingerprint density at radius 1 is 1.32 bits per heavy atom. The van der Waals surface area contributed by atoms with E-state index in [0.717, 1.165) is 11.1 Å². The highest BCUT2D eigenvalue weighted by atomic mass is 35.5. The molecule has 2 aliphatic rings. The van der Waals surface area contributed by atoms with Crippen molar-refractivity contribution in [2.75, 3.05) is 7.05 Å². The highest BCUT2D eigenvalue weighted by Gasteiger charge is 2.34. The standard InChI is InChI=1S/C16H16ClNS/c1-18-12-5-6-13(18)8-11(7-12)15-9-10-3-2-4-14(17)16(10)19-15/h2-4,7,9,12-13H,5-6,8H2,1H3. The van der Waals surface area contributed by atoms with Crippen molar-refractivity contribution in [3.63, 3.8) is 0 Å². The topological polar surface area (TPSA) is 3.24 Å². The number of thiophene rings is 1. The molecule has 0 saturated carbocycles. The second-order valence-corrected chi connectivity index (χ2v) is 7.09. The van der Waals surface area contributed by atoms with Crippen LogP contribution in [0.1, 0.15) is 24.1 Å². The van der Waals surface area contributed by atoms with Gasteiger partial charge < -0.3 is 0 Å². The molecular weight excluding hydrogens is 274 g/mol. The first-order valence-electron chi connectivity index (χ1n) is 6.83. The van der Waals surface area contributed by atoms with Gasteiger partial charge in [0, 0.05) is 17.0 Å². The van der Waals surface area contributed by atoms with Gasteiger partial charge in [0.2, 0.25) is 0 Å². The van der Waals surface area contributed by atoms with Crippen LogP contribution in [0.2, 0.25) is 5.02 Å². The second-order valence-electron chi connectivity index (χ2n) is 5.63. The molecule has 0 radical (unpaired) electrons. The van der Waals surface area contributed by atoms with Crippen LogP contribution >= 0.6 is 22.9 Å². The molecule has 0 spiro atoms. The Kier molecular flexibility index (Phi) is 2.73. The molecular formula is C16H16ClNS. The zero-order chi connectivity index (χ0) is 13.0. The van der Waals surface area contributed by atoms with Crippen molar-refractivity contribution in [1.29, 1.82) is 0 Å². The third-order valence-electron chi connectivity index (χ3n) is 4.56. The van der Waals surface area contributed by atoms with Crippen LogP contribution in [0.15, 0.2) is 30.3 Å². The molecule has 1 nitrogen and oxygen atoms in total. The summed E-state index contributed by atoms with van der Waals surface area (Å²) >= 11 is 8.13. The van der Waals surface area contributed by atoms with E-state index < -0.39 is 0 Å². The molecule has 3 heteroatoms. The van der Waals surface area contributed by atoms with Crippen molar-refractivity contribution in [2.24, 2.45) is 0 Å². The summed E-state index contributed by atoms with van der Waals surface area (Å²) in [5, 5.41) is 2.16. The van der Waals surface area contributed by atoms with Gasteiger partial charge in [0.25, 0.3) is 0 Å². The van der Waals surface area contributed by atoms with Crippen LogP contribution in [-0.4, -0.2) is 24.0 Å². The summed E-state index contributed by atoms with van der Waals surface area (Å²) in [7, 11) is 2.26. The fourth-order valence-corrected chi connectivity index (χ4v) is 4.81. The molecule has 2 unspecified atom stereocenters. The largest absolute Gasteiger partial charge is 0.297 e. The van der Waals surface area contributed by atoms with Crippen molar-refractivity contribution in [3.8, 4) is 0 Å². The van der Waals surface area contributed by atoms with Crippen LogP contribution in [-0.2, 0) is 0 Å². The predicted octanol–water partition coefficient (Wildman–Crippen LogP) is 4.80. The molecule has 3 heterocycles. The van der Waals surface area contributed by atoms with Crippen LogP contribution in [0.5, 0.6) is 0 Å². The van der Waals surface area contributed by atoms with Gasteiger partial charge in [0.1, 0.15) is 0 Å². The summed E-state index contributed by atoms with van der Waals surface area (Å²) in [4.78, 5) is 3.94. The van der Waals surface area contributed by atoms with E-state index in [1.54, 1.807) is 0 Å². The number of hydrogen-bond acceptors (Lipinski definition) is 2. The normalized spacial score (nSPS) is 26.9. The summed E-state index contributed by atoms with van der Waals surface area (Å²) in [5.74, 6) is 0. The van der Waals surface area contributed by atoms with Gasteiger partial charge in [-0.3, -0.25) is 4.90 Å². The van der Waals surface area contributed by atoms with Gasteiger partial charge in [-0.2, -0.15) is 0 Å². The Labute approximate surface area is 122 Å². The summed E-state index contributed by atoms with van der Waals surface area (Å²) in [5.41, 5.74) is 1.53. The molecule has 0 N–H and O–H groups in total. The van der Waals surface area contributed by atoms with E-state index in [1.807, 2.05) is 23.5 Å². The lowest BCUT2D eigenvalue weighted by atomic mass is 10.0. The lowest BCUT2D eigenvalue weighted by molar-refractivity contribution is 0.264. The van der Waals surface area contributed by atoms with E-state index in [2.05, 4.69) is 30.2 Å².